The van der Waals surface area contributed by atoms with Gasteiger partial charge in [-0.15, -0.1) is 0 Å². The lowest BCUT2D eigenvalue weighted by Gasteiger charge is -2.34. The van der Waals surface area contributed by atoms with Crippen molar-refractivity contribution in [2.75, 3.05) is 7.05 Å². The molecular formula is C13H20F3N3. The van der Waals surface area contributed by atoms with Crippen LogP contribution in [0.15, 0.2) is 12.4 Å². The normalized spacial score (nSPS) is 26.4. The lowest BCUT2D eigenvalue weighted by Crippen LogP contribution is -2.34. The number of hydrogen-bond donors (Lipinski definition) is 1. The monoisotopic (exact) mass is 275 g/mol. The Kier molecular flexibility index (Phi) is 4.18. The third-order valence-corrected chi connectivity index (χ3v) is 4.15. The van der Waals surface area contributed by atoms with Crippen LogP contribution in [0.3, 0.4) is 0 Å². The van der Waals surface area contributed by atoms with Crippen LogP contribution in [0.25, 0.3) is 0 Å². The number of halogens is 3. The van der Waals surface area contributed by atoms with Gasteiger partial charge in [-0.3, -0.25) is 0 Å². The van der Waals surface area contributed by atoms with E-state index in [-0.39, 0.29) is 24.8 Å². The maximum atomic E-state index is 12.7. The smallest absolute Gasteiger partial charge is 0.337 e. The van der Waals surface area contributed by atoms with E-state index in [1.165, 1.54) is 0 Å². The van der Waals surface area contributed by atoms with Crippen LogP contribution in [0.1, 0.15) is 37.5 Å². The molecule has 1 fully saturated rings. The SMILES string of the molecule is CNC(c1nccn1C)C1CCC(C(F)(F)F)CC1. The largest absolute Gasteiger partial charge is 0.391 e. The molecule has 1 aliphatic carbocycles. The molecule has 1 aromatic heterocycles. The second-order valence-corrected chi connectivity index (χ2v) is 5.32. The third-order valence-electron chi connectivity index (χ3n) is 4.15. The van der Waals surface area contributed by atoms with Crippen molar-refractivity contribution in [3.05, 3.63) is 18.2 Å². The zero-order valence-electron chi connectivity index (χ0n) is 11.2. The van der Waals surface area contributed by atoms with Gasteiger partial charge in [0.1, 0.15) is 5.82 Å². The van der Waals surface area contributed by atoms with E-state index >= 15 is 0 Å². The fourth-order valence-electron chi connectivity index (χ4n) is 3.03. The minimum atomic E-state index is -4.04. The van der Waals surface area contributed by atoms with Crippen molar-refractivity contribution in [2.24, 2.45) is 18.9 Å². The van der Waals surface area contributed by atoms with Crippen molar-refractivity contribution in [2.45, 2.75) is 37.9 Å². The van der Waals surface area contributed by atoms with E-state index < -0.39 is 12.1 Å². The predicted molar refractivity (Wildman–Crippen MR) is 66.5 cm³/mol. The van der Waals surface area contributed by atoms with E-state index in [0.29, 0.717) is 12.8 Å². The Bertz CT molecular complexity index is 406. The van der Waals surface area contributed by atoms with Gasteiger partial charge in [-0.05, 0) is 38.6 Å². The van der Waals surface area contributed by atoms with Gasteiger partial charge in [0.15, 0.2) is 0 Å². The number of aryl methyl sites for hydroxylation is 1. The highest BCUT2D eigenvalue weighted by molar-refractivity contribution is 5.01. The van der Waals surface area contributed by atoms with E-state index in [4.69, 9.17) is 0 Å². The van der Waals surface area contributed by atoms with Crippen LogP contribution in [-0.4, -0.2) is 22.8 Å². The van der Waals surface area contributed by atoms with Crippen LogP contribution >= 0.6 is 0 Å². The van der Waals surface area contributed by atoms with Crippen molar-refractivity contribution >= 4 is 0 Å². The summed E-state index contributed by atoms with van der Waals surface area (Å²) >= 11 is 0. The number of rotatable bonds is 3. The van der Waals surface area contributed by atoms with Crippen molar-refractivity contribution in [1.29, 1.82) is 0 Å². The van der Waals surface area contributed by atoms with Crippen LogP contribution < -0.4 is 5.32 Å². The minimum Gasteiger partial charge on any atom is -0.337 e. The molecule has 0 spiro atoms. The summed E-state index contributed by atoms with van der Waals surface area (Å²) in [6, 6.07) is 0.0363. The first kappa shape index (κ1) is 14.4. The summed E-state index contributed by atoms with van der Waals surface area (Å²) in [6.45, 7) is 0. The average Bonchev–Trinajstić information content (AvgIpc) is 2.76. The Hall–Kier alpha value is -1.04. The van der Waals surface area contributed by atoms with Crippen LogP contribution in [0, 0.1) is 11.8 Å². The summed E-state index contributed by atoms with van der Waals surface area (Å²) < 4.78 is 39.9. The molecule has 1 unspecified atom stereocenters. The first-order valence-electron chi connectivity index (χ1n) is 6.64. The van der Waals surface area contributed by atoms with Gasteiger partial charge in [-0.1, -0.05) is 0 Å². The Labute approximate surface area is 111 Å². The summed E-state index contributed by atoms with van der Waals surface area (Å²) in [5.41, 5.74) is 0. The molecule has 0 radical (unpaired) electrons. The number of nitrogens with zero attached hydrogens (tertiary/aromatic N) is 2. The highest BCUT2D eigenvalue weighted by atomic mass is 19.4. The zero-order chi connectivity index (χ0) is 14.0. The lowest BCUT2D eigenvalue weighted by atomic mass is 9.78. The molecule has 19 heavy (non-hydrogen) atoms. The third kappa shape index (κ3) is 3.11. The van der Waals surface area contributed by atoms with Crippen LogP contribution in [0.5, 0.6) is 0 Å². The number of imidazole rings is 1. The van der Waals surface area contributed by atoms with Gasteiger partial charge in [0.05, 0.1) is 12.0 Å². The van der Waals surface area contributed by atoms with Crippen LogP contribution in [0.2, 0.25) is 0 Å². The van der Waals surface area contributed by atoms with Gasteiger partial charge in [-0.2, -0.15) is 13.2 Å². The molecule has 0 amide bonds. The molecule has 2 rings (SSSR count). The van der Waals surface area contributed by atoms with Crippen molar-refractivity contribution < 1.29 is 13.2 Å². The molecule has 1 heterocycles. The molecule has 0 saturated heterocycles. The molecule has 1 N–H and O–H groups in total. The van der Waals surface area contributed by atoms with Gasteiger partial charge in [0, 0.05) is 19.4 Å². The topological polar surface area (TPSA) is 29.9 Å². The van der Waals surface area contributed by atoms with E-state index in [1.807, 2.05) is 24.9 Å². The maximum absolute atomic E-state index is 12.7. The van der Waals surface area contributed by atoms with Crippen molar-refractivity contribution in [3.8, 4) is 0 Å². The Morgan fingerprint density at radius 3 is 2.37 bits per heavy atom. The summed E-state index contributed by atoms with van der Waals surface area (Å²) in [7, 11) is 3.75. The first-order chi connectivity index (χ1) is 8.93. The molecule has 1 atom stereocenters. The van der Waals surface area contributed by atoms with E-state index in [0.717, 1.165) is 5.82 Å². The quantitative estimate of drug-likeness (QED) is 0.919. The molecular weight excluding hydrogens is 255 g/mol. The maximum Gasteiger partial charge on any atom is 0.391 e. The lowest BCUT2D eigenvalue weighted by molar-refractivity contribution is -0.184. The summed E-state index contributed by atoms with van der Waals surface area (Å²) in [5, 5.41) is 3.20. The molecule has 6 heteroatoms. The summed E-state index contributed by atoms with van der Waals surface area (Å²) in [4.78, 5) is 4.31. The number of aromatic nitrogens is 2. The van der Waals surface area contributed by atoms with Crippen LogP contribution in [0.4, 0.5) is 13.2 Å². The summed E-state index contributed by atoms with van der Waals surface area (Å²) in [5.74, 6) is 0.00489. The fourth-order valence-corrected chi connectivity index (χ4v) is 3.03. The molecule has 3 nitrogen and oxygen atoms in total. The first-order valence-corrected chi connectivity index (χ1v) is 6.64. The number of alkyl halides is 3. The number of hydrogen-bond acceptors (Lipinski definition) is 2. The van der Waals surface area contributed by atoms with Crippen LogP contribution in [-0.2, 0) is 7.05 Å². The highest BCUT2D eigenvalue weighted by Crippen LogP contribution is 2.42. The fraction of sp³-hybridized carbons (Fsp3) is 0.769. The minimum absolute atomic E-state index is 0.0363. The molecule has 108 valence electrons. The average molecular weight is 275 g/mol. The predicted octanol–water partition coefficient (Wildman–Crippen LogP) is 3.05. The zero-order valence-corrected chi connectivity index (χ0v) is 11.2. The van der Waals surface area contributed by atoms with Gasteiger partial charge < -0.3 is 9.88 Å². The summed E-state index contributed by atoms with van der Waals surface area (Å²) in [6.07, 6.45) is 1.21. The second kappa shape index (κ2) is 5.53. The van der Waals surface area contributed by atoms with E-state index in [9.17, 15) is 13.2 Å². The number of nitrogens with one attached hydrogen (secondary N) is 1. The molecule has 0 aliphatic heterocycles. The standard InChI is InChI=1S/C13H20F3N3/c1-17-11(12-18-7-8-19(12)2)9-3-5-10(6-4-9)13(14,15)16/h7-11,17H,3-6H2,1-2H3. The second-order valence-electron chi connectivity index (χ2n) is 5.32. The molecule has 0 aromatic carbocycles. The van der Waals surface area contributed by atoms with Crippen molar-refractivity contribution in [1.82, 2.24) is 14.9 Å². The Morgan fingerprint density at radius 2 is 1.95 bits per heavy atom. The Balaban J connectivity index is 2.02. The van der Waals surface area contributed by atoms with Gasteiger partial charge in [0.25, 0.3) is 0 Å². The van der Waals surface area contributed by atoms with Gasteiger partial charge in [0.2, 0.25) is 0 Å². The molecule has 1 saturated carbocycles. The Morgan fingerprint density at radius 1 is 1.32 bits per heavy atom. The highest BCUT2D eigenvalue weighted by Gasteiger charge is 2.42. The van der Waals surface area contributed by atoms with Gasteiger partial charge >= 0.3 is 6.18 Å². The molecule has 0 bridgehead atoms. The molecule has 1 aromatic rings. The van der Waals surface area contributed by atoms with E-state index in [2.05, 4.69) is 10.3 Å². The van der Waals surface area contributed by atoms with E-state index in [1.54, 1.807) is 6.20 Å². The van der Waals surface area contributed by atoms with Gasteiger partial charge in [-0.25, -0.2) is 4.98 Å². The molecule has 1 aliphatic rings. The van der Waals surface area contributed by atoms with Crippen molar-refractivity contribution in [3.63, 3.8) is 0 Å².